The van der Waals surface area contributed by atoms with Crippen LogP contribution >= 0.6 is 0 Å². The van der Waals surface area contributed by atoms with E-state index >= 15 is 0 Å². The van der Waals surface area contributed by atoms with Gasteiger partial charge < -0.3 is 4.74 Å². The summed E-state index contributed by atoms with van der Waals surface area (Å²) >= 11 is 0. The van der Waals surface area contributed by atoms with Crippen molar-refractivity contribution in [2.45, 2.75) is 0 Å². The van der Waals surface area contributed by atoms with Crippen LogP contribution < -0.4 is 0 Å². The van der Waals surface area contributed by atoms with Gasteiger partial charge in [-0.05, 0) is 18.2 Å². The van der Waals surface area contributed by atoms with Crippen LogP contribution in [0.4, 0.5) is 0 Å². The van der Waals surface area contributed by atoms with Crippen molar-refractivity contribution in [1.82, 2.24) is 4.98 Å². The summed E-state index contributed by atoms with van der Waals surface area (Å²) in [4.78, 5) is 37.2. The lowest BCUT2D eigenvalue weighted by Gasteiger charge is -1.94. The molecule has 0 unspecified atom stereocenters. The van der Waals surface area contributed by atoms with Gasteiger partial charge in [-0.3, -0.25) is 14.6 Å². The number of esters is 1. The lowest BCUT2D eigenvalue weighted by atomic mass is 10.1. The molecule has 82 valence electrons. The van der Waals surface area contributed by atoms with E-state index in [2.05, 4.69) is 9.72 Å². The maximum Gasteiger partial charge on any atom is 0.330 e. The fraction of sp³-hybridized carbons (Fsp3) is 0.0909. The van der Waals surface area contributed by atoms with Crippen molar-refractivity contribution in [3.63, 3.8) is 0 Å². The number of hydrogen-bond acceptors (Lipinski definition) is 5. The standard InChI is InChI=1S/C11H9NO4/c1-16-10(14)3-2-9(13)11(15)8-4-6-12-7-5-8/h2-7H,1H3/b3-2+. The Labute approximate surface area is 91.7 Å². The summed E-state index contributed by atoms with van der Waals surface area (Å²) in [7, 11) is 1.18. The van der Waals surface area contributed by atoms with E-state index < -0.39 is 17.5 Å². The Kier molecular flexibility index (Phi) is 4.08. The third-order valence-corrected chi connectivity index (χ3v) is 1.74. The third kappa shape index (κ3) is 3.13. The summed E-state index contributed by atoms with van der Waals surface area (Å²) in [5, 5.41) is 0. The van der Waals surface area contributed by atoms with Gasteiger partial charge in [0.25, 0.3) is 0 Å². The van der Waals surface area contributed by atoms with Crippen molar-refractivity contribution in [2.24, 2.45) is 0 Å². The molecule has 0 amide bonds. The Morgan fingerprint density at radius 3 is 2.38 bits per heavy atom. The molecule has 1 heterocycles. The maximum atomic E-state index is 11.5. The Balaban J connectivity index is 2.73. The average Bonchev–Trinajstić information content (AvgIpc) is 2.35. The molecule has 5 heteroatoms. The smallest absolute Gasteiger partial charge is 0.330 e. The minimum Gasteiger partial charge on any atom is -0.466 e. The van der Waals surface area contributed by atoms with E-state index in [-0.39, 0.29) is 5.56 Å². The second-order valence-corrected chi connectivity index (χ2v) is 2.79. The normalized spacial score (nSPS) is 10.1. The topological polar surface area (TPSA) is 73.3 Å². The summed E-state index contributed by atoms with van der Waals surface area (Å²) in [6.07, 6.45) is 4.60. The molecule has 16 heavy (non-hydrogen) atoms. The summed E-state index contributed by atoms with van der Waals surface area (Å²) < 4.78 is 4.29. The van der Waals surface area contributed by atoms with Crippen LogP contribution in [-0.2, 0) is 14.3 Å². The minimum atomic E-state index is -0.781. The summed E-state index contributed by atoms with van der Waals surface area (Å²) in [5.41, 5.74) is 0.231. The quantitative estimate of drug-likeness (QED) is 0.320. The number of hydrogen-bond donors (Lipinski definition) is 0. The van der Waals surface area contributed by atoms with Gasteiger partial charge in [-0.25, -0.2) is 4.79 Å². The van der Waals surface area contributed by atoms with Gasteiger partial charge in [-0.1, -0.05) is 0 Å². The highest BCUT2D eigenvalue weighted by atomic mass is 16.5. The van der Waals surface area contributed by atoms with E-state index in [4.69, 9.17) is 0 Å². The molecule has 0 radical (unpaired) electrons. The number of rotatable bonds is 4. The monoisotopic (exact) mass is 219 g/mol. The Morgan fingerprint density at radius 2 is 1.81 bits per heavy atom. The zero-order valence-corrected chi connectivity index (χ0v) is 8.54. The number of pyridine rings is 1. The van der Waals surface area contributed by atoms with Gasteiger partial charge in [0.1, 0.15) is 0 Å². The van der Waals surface area contributed by atoms with Crippen LogP contribution in [0, 0.1) is 0 Å². The number of ketones is 2. The largest absolute Gasteiger partial charge is 0.466 e. The molecule has 0 aliphatic rings. The van der Waals surface area contributed by atoms with Crippen LogP contribution in [0.3, 0.4) is 0 Å². The number of allylic oxidation sites excluding steroid dienone is 1. The first-order valence-corrected chi connectivity index (χ1v) is 4.40. The average molecular weight is 219 g/mol. The zero-order valence-electron chi connectivity index (χ0n) is 8.54. The number of carbonyl (C=O) groups is 3. The highest BCUT2D eigenvalue weighted by Crippen LogP contribution is 1.99. The molecule has 0 aliphatic carbocycles. The number of nitrogens with zero attached hydrogens (tertiary/aromatic N) is 1. The molecule has 0 saturated heterocycles. The van der Waals surface area contributed by atoms with Gasteiger partial charge in [0, 0.05) is 24.0 Å². The molecule has 0 N–H and O–H groups in total. The molecule has 1 aromatic rings. The molecular formula is C11H9NO4. The molecule has 5 nitrogen and oxygen atoms in total. The Bertz CT molecular complexity index is 437. The van der Waals surface area contributed by atoms with Gasteiger partial charge in [0.15, 0.2) is 0 Å². The highest BCUT2D eigenvalue weighted by Gasteiger charge is 2.12. The second kappa shape index (κ2) is 5.55. The number of carbonyl (C=O) groups excluding carboxylic acids is 3. The van der Waals surface area contributed by atoms with Crippen molar-refractivity contribution >= 4 is 17.5 Å². The first-order valence-electron chi connectivity index (χ1n) is 4.40. The SMILES string of the molecule is COC(=O)/C=C/C(=O)C(=O)c1ccncc1. The molecule has 0 aliphatic heterocycles. The van der Waals surface area contributed by atoms with E-state index in [0.29, 0.717) is 0 Å². The van der Waals surface area contributed by atoms with Crippen LogP contribution in [0.2, 0.25) is 0 Å². The van der Waals surface area contributed by atoms with Gasteiger partial charge >= 0.3 is 5.97 Å². The zero-order chi connectivity index (χ0) is 12.0. The van der Waals surface area contributed by atoms with Crippen LogP contribution in [0.25, 0.3) is 0 Å². The van der Waals surface area contributed by atoms with Crippen molar-refractivity contribution in [3.8, 4) is 0 Å². The second-order valence-electron chi connectivity index (χ2n) is 2.79. The number of aromatic nitrogens is 1. The number of ether oxygens (including phenoxy) is 1. The lowest BCUT2D eigenvalue weighted by molar-refractivity contribution is -0.135. The molecule has 0 saturated carbocycles. The molecule has 0 fully saturated rings. The van der Waals surface area contributed by atoms with Crippen LogP contribution in [-0.4, -0.2) is 29.6 Å². The maximum absolute atomic E-state index is 11.5. The van der Waals surface area contributed by atoms with E-state index in [1.807, 2.05) is 0 Å². The Hall–Kier alpha value is -2.30. The first kappa shape index (κ1) is 11.8. The summed E-state index contributed by atoms with van der Waals surface area (Å²) in [6.45, 7) is 0. The third-order valence-electron chi connectivity index (χ3n) is 1.74. The van der Waals surface area contributed by atoms with Gasteiger partial charge in [-0.15, -0.1) is 0 Å². The van der Waals surface area contributed by atoms with Gasteiger partial charge in [0.05, 0.1) is 7.11 Å². The predicted molar refractivity (Wildman–Crippen MR) is 54.7 cm³/mol. The minimum absolute atomic E-state index is 0.231. The number of Topliss-reactive ketones (excluding diaryl/α,β-unsaturated/α-hetero) is 1. The lowest BCUT2D eigenvalue weighted by Crippen LogP contribution is -2.11. The summed E-state index contributed by atoms with van der Waals surface area (Å²) in [6, 6.07) is 2.85. The van der Waals surface area contributed by atoms with Gasteiger partial charge in [-0.2, -0.15) is 0 Å². The van der Waals surface area contributed by atoms with Crippen LogP contribution in [0.15, 0.2) is 36.7 Å². The molecule has 1 rings (SSSR count). The van der Waals surface area contributed by atoms with Crippen molar-refractivity contribution < 1.29 is 19.1 Å². The molecule has 0 spiro atoms. The van der Waals surface area contributed by atoms with E-state index in [1.54, 1.807) is 0 Å². The fourth-order valence-electron chi connectivity index (χ4n) is 0.933. The molecule has 0 atom stereocenters. The van der Waals surface area contributed by atoms with Crippen molar-refractivity contribution in [3.05, 3.63) is 42.2 Å². The van der Waals surface area contributed by atoms with Crippen molar-refractivity contribution in [1.29, 1.82) is 0 Å². The number of methoxy groups -OCH3 is 1. The highest BCUT2D eigenvalue weighted by molar-refractivity contribution is 6.47. The van der Waals surface area contributed by atoms with E-state index in [0.717, 1.165) is 12.2 Å². The first-order chi connectivity index (χ1) is 7.65. The van der Waals surface area contributed by atoms with E-state index in [1.165, 1.54) is 31.6 Å². The van der Waals surface area contributed by atoms with Crippen LogP contribution in [0.5, 0.6) is 0 Å². The Morgan fingerprint density at radius 1 is 1.19 bits per heavy atom. The summed E-state index contributed by atoms with van der Waals surface area (Å²) in [5.74, 6) is -2.16. The van der Waals surface area contributed by atoms with E-state index in [9.17, 15) is 14.4 Å². The van der Waals surface area contributed by atoms with Gasteiger partial charge in [0.2, 0.25) is 11.6 Å². The predicted octanol–water partition coefficient (Wildman–Crippen LogP) is 0.563. The van der Waals surface area contributed by atoms with Crippen molar-refractivity contribution in [2.75, 3.05) is 7.11 Å². The molecule has 1 aromatic heterocycles. The fourth-order valence-corrected chi connectivity index (χ4v) is 0.933. The van der Waals surface area contributed by atoms with Crippen LogP contribution in [0.1, 0.15) is 10.4 Å². The molecular weight excluding hydrogens is 210 g/mol. The molecule has 0 bridgehead atoms. The molecule has 0 aromatic carbocycles.